The first-order valence-electron chi connectivity index (χ1n) is 16.4. The largest absolute Gasteiger partial charge is 0.461 e. The van der Waals surface area contributed by atoms with E-state index in [2.05, 4.69) is 14.9 Å². The van der Waals surface area contributed by atoms with Gasteiger partial charge in [-0.1, -0.05) is 17.7 Å². The van der Waals surface area contributed by atoms with Gasteiger partial charge in [-0.05, 0) is 55.6 Å². The maximum Gasteiger partial charge on any atom is 0.319 e. The molecular formula is C36H30ClF5N6O3S. The van der Waals surface area contributed by atoms with E-state index in [9.17, 15) is 27.6 Å². The highest BCUT2D eigenvalue weighted by atomic mass is 35.5. The predicted octanol–water partition coefficient (Wildman–Crippen LogP) is 7.95. The second-order valence-electron chi connectivity index (χ2n) is 13.0. The Labute approximate surface area is 303 Å². The number of hydrogen-bond acceptors (Lipinski definition) is 10. The third-order valence-corrected chi connectivity index (χ3v) is 11.0. The zero-order valence-corrected chi connectivity index (χ0v) is 29.2. The Bertz CT molecular complexity index is 2290. The van der Waals surface area contributed by atoms with Crippen molar-refractivity contribution in [3.63, 3.8) is 0 Å². The van der Waals surface area contributed by atoms with E-state index in [0.29, 0.717) is 19.0 Å². The lowest BCUT2D eigenvalue weighted by molar-refractivity contribution is -0.134. The molecule has 2 atom stereocenters. The highest BCUT2D eigenvalue weighted by Crippen LogP contribution is 2.46. The number of aromatic nitrogens is 2. The number of alkyl halides is 1. The molecule has 0 radical (unpaired) electrons. The molecule has 0 bridgehead atoms. The molecule has 2 aromatic heterocycles. The zero-order chi connectivity index (χ0) is 36.9. The van der Waals surface area contributed by atoms with Gasteiger partial charge in [0.05, 0.1) is 20.8 Å². The lowest BCUT2D eigenvalue weighted by atomic mass is 9.95. The summed E-state index contributed by atoms with van der Waals surface area (Å²) < 4.78 is 84.8. The van der Waals surface area contributed by atoms with Crippen molar-refractivity contribution in [2.24, 2.45) is 0 Å². The van der Waals surface area contributed by atoms with Gasteiger partial charge in [0.2, 0.25) is 0 Å². The normalized spacial score (nSPS) is 18.5. The molecule has 270 valence electrons. The van der Waals surface area contributed by atoms with Gasteiger partial charge < -0.3 is 20.1 Å². The van der Waals surface area contributed by atoms with Gasteiger partial charge in [-0.2, -0.15) is 15.2 Å². The number of fused-ring (bicyclic) bond motifs is 3. The van der Waals surface area contributed by atoms with Crippen molar-refractivity contribution >= 4 is 60.7 Å². The van der Waals surface area contributed by atoms with Crippen molar-refractivity contribution in [1.29, 1.82) is 5.26 Å². The summed E-state index contributed by atoms with van der Waals surface area (Å²) in [6.45, 7) is 1.26. The first-order chi connectivity index (χ1) is 24.9. The van der Waals surface area contributed by atoms with Crippen molar-refractivity contribution in [3.05, 3.63) is 70.3 Å². The number of benzene rings is 3. The third-order valence-electron chi connectivity index (χ3n) is 9.63. The lowest BCUT2D eigenvalue weighted by Crippen LogP contribution is -2.43. The van der Waals surface area contributed by atoms with Crippen LogP contribution in [-0.4, -0.2) is 65.8 Å². The summed E-state index contributed by atoms with van der Waals surface area (Å²) in [6.07, 6.45) is 0.902. The van der Waals surface area contributed by atoms with E-state index in [1.807, 2.05) is 6.07 Å². The highest BCUT2D eigenvalue weighted by molar-refractivity contribution is 7.23. The van der Waals surface area contributed by atoms with E-state index in [1.165, 1.54) is 12.1 Å². The minimum atomic E-state index is -1.02. The average molecular weight is 757 g/mol. The minimum absolute atomic E-state index is 0.0130. The van der Waals surface area contributed by atoms with Crippen molar-refractivity contribution in [3.8, 4) is 29.0 Å². The number of carbonyl (C=O) groups excluding carboxylic acids is 1. The summed E-state index contributed by atoms with van der Waals surface area (Å²) in [5.41, 5.74) is 5.28. The molecule has 3 aromatic carbocycles. The molecule has 2 aliphatic heterocycles. The molecule has 0 spiro atoms. The molecule has 52 heavy (non-hydrogen) atoms. The highest BCUT2D eigenvalue weighted by Gasteiger charge is 2.49. The van der Waals surface area contributed by atoms with Crippen LogP contribution in [0.3, 0.4) is 0 Å². The Hall–Kier alpha value is -4.78. The summed E-state index contributed by atoms with van der Waals surface area (Å²) in [7, 11) is 1.65. The topological polar surface area (TPSA) is 118 Å². The number of hydrogen-bond donors (Lipinski definition) is 1. The van der Waals surface area contributed by atoms with E-state index in [4.69, 9.17) is 26.8 Å². The van der Waals surface area contributed by atoms with Crippen LogP contribution in [0.2, 0.25) is 5.02 Å². The maximum absolute atomic E-state index is 16.9. The monoisotopic (exact) mass is 756 g/mol. The minimum Gasteiger partial charge on any atom is -0.461 e. The number of carbonyl (C=O) groups is 1. The van der Waals surface area contributed by atoms with Crippen LogP contribution in [0.25, 0.3) is 32.1 Å². The molecule has 2 saturated heterocycles. The van der Waals surface area contributed by atoms with E-state index >= 15 is 4.39 Å². The van der Waals surface area contributed by atoms with Crippen LogP contribution in [-0.2, 0) is 4.79 Å². The molecule has 2 aliphatic rings. The Morgan fingerprint density at radius 2 is 2.00 bits per heavy atom. The summed E-state index contributed by atoms with van der Waals surface area (Å²) in [5, 5.41) is 10.1. The van der Waals surface area contributed by atoms with Crippen LogP contribution in [0, 0.1) is 34.6 Å². The number of esters is 1. The smallest absolute Gasteiger partial charge is 0.319 e. The molecule has 0 saturated carbocycles. The van der Waals surface area contributed by atoms with Crippen molar-refractivity contribution in [1.82, 2.24) is 14.9 Å². The first-order valence-corrected chi connectivity index (χ1v) is 17.6. The number of nitrogens with zero attached hydrogens (tertiary/aromatic N) is 5. The molecule has 4 heterocycles. The SMILES string of the molecule is CN(CCCC(=O)Oc1ccc(F)cc1F)c1nc(OC[C@@]23CCCN2C[C@H](F)C3)nc2c(F)c(-c3ccc(F)c4sc(N)c(C#N)c34)c(Cl)cc12. The fraction of sp³-hybridized carbons (Fsp3) is 0.333. The van der Waals surface area contributed by atoms with E-state index in [1.54, 1.807) is 11.9 Å². The average Bonchev–Trinajstić information content (AvgIpc) is 3.75. The fourth-order valence-corrected chi connectivity index (χ4v) is 8.46. The van der Waals surface area contributed by atoms with Crippen LogP contribution in [0.1, 0.15) is 37.7 Å². The van der Waals surface area contributed by atoms with Gasteiger partial charge in [0.25, 0.3) is 0 Å². The molecule has 2 N–H and O–H groups in total. The second kappa shape index (κ2) is 14.0. The number of ether oxygens (including phenoxy) is 2. The van der Waals surface area contributed by atoms with Gasteiger partial charge in [-0.25, -0.2) is 22.0 Å². The number of anilines is 2. The second-order valence-corrected chi connectivity index (χ2v) is 14.4. The van der Waals surface area contributed by atoms with E-state index in [-0.39, 0.29) is 91.9 Å². The molecule has 0 amide bonds. The number of thiophene rings is 1. The molecule has 16 heteroatoms. The molecule has 0 aliphatic carbocycles. The van der Waals surface area contributed by atoms with Crippen LogP contribution < -0.4 is 20.1 Å². The molecule has 2 fully saturated rings. The van der Waals surface area contributed by atoms with Gasteiger partial charge >= 0.3 is 12.0 Å². The standard InChI is InChI=1S/C36H30ClF5N6O3S/c1-47(10-2-4-27(49)51-26-8-5-18(38)12-25(26)41)34-21-13-23(37)29(20-6-7-24(40)32-28(20)22(15-43)33(44)52-32)30(42)31(21)45-35(46-34)50-17-36-9-3-11-48(36)16-19(39)14-36/h5-8,12-13,19H,2-4,9-11,14,16-17,44H2,1H3/t19-,36+/m1/s1. The number of nitriles is 1. The number of nitrogen functional groups attached to an aromatic ring is 1. The molecule has 0 unspecified atom stereocenters. The van der Waals surface area contributed by atoms with Crippen LogP contribution in [0.5, 0.6) is 11.8 Å². The van der Waals surface area contributed by atoms with Crippen molar-refractivity contribution in [2.75, 3.05) is 43.9 Å². The molecule has 9 nitrogen and oxygen atoms in total. The molecular weight excluding hydrogens is 727 g/mol. The van der Waals surface area contributed by atoms with Crippen molar-refractivity contribution in [2.45, 2.75) is 43.8 Å². The van der Waals surface area contributed by atoms with Gasteiger partial charge in [0, 0.05) is 55.4 Å². The summed E-state index contributed by atoms with van der Waals surface area (Å²) >= 11 is 7.63. The van der Waals surface area contributed by atoms with Crippen LogP contribution >= 0.6 is 22.9 Å². The van der Waals surface area contributed by atoms with Gasteiger partial charge in [0.1, 0.15) is 46.8 Å². The summed E-state index contributed by atoms with van der Waals surface area (Å²) in [6, 6.07) is 8.31. The van der Waals surface area contributed by atoms with Gasteiger partial charge in [-0.15, -0.1) is 11.3 Å². The number of halogens is 6. The van der Waals surface area contributed by atoms with Gasteiger partial charge in [0.15, 0.2) is 17.4 Å². The Morgan fingerprint density at radius 1 is 1.19 bits per heavy atom. The zero-order valence-electron chi connectivity index (χ0n) is 27.6. The summed E-state index contributed by atoms with van der Waals surface area (Å²) in [5.74, 6) is -4.32. The fourth-order valence-electron chi connectivity index (χ4n) is 7.22. The van der Waals surface area contributed by atoms with Crippen LogP contribution in [0.15, 0.2) is 36.4 Å². The van der Waals surface area contributed by atoms with E-state index in [0.717, 1.165) is 42.5 Å². The van der Waals surface area contributed by atoms with Crippen LogP contribution in [0.4, 0.5) is 32.8 Å². The Balaban J connectivity index is 1.25. The predicted molar refractivity (Wildman–Crippen MR) is 187 cm³/mol. The number of nitrogens with two attached hydrogens (primary N) is 1. The van der Waals surface area contributed by atoms with Crippen molar-refractivity contribution < 1.29 is 36.2 Å². The first kappa shape index (κ1) is 35.6. The lowest BCUT2D eigenvalue weighted by Gasteiger charge is -2.31. The molecule has 7 rings (SSSR count). The quantitative estimate of drug-likeness (QED) is 0.0861. The Morgan fingerprint density at radius 3 is 2.77 bits per heavy atom. The van der Waals surface area contributed by atoms with Gasteiger partial charge in [-0.3, -0.25) is 9.69 Å². The number of rotatable bonds is 10. The molecule has 5 aromatic rings. The van der Waals surface area contributed by atoms with E-state index < -0.39 is 46.7 Å². The Kier molecular flexibility index (Phi) is 9.58. The third kappa shape index (κ3) is 6.44. The summed E-state index contributed by atoms with van der Waals surface area (Å²) in [4.78, 5) is 25.2. The maximum atomic E-state index is 16.9.